The molecule has 1 aliphatic carbocycles. The molecule has 3 rings (SSSR count). The van der Waals surface area contributed by atoms with Gasteiger partial charge in [0.25, 0.3) is 0 Å². The Morgan fingerprint density at radius 3 is 2.73 bits per heavy atom. The Morgan fingerprint density at radius 2 is 2.00 bits per heavy atom. The Morgan fingerprint density at radius 1 is 1.27 bits per heavy atom. The maximum Gasteiger partial charge on any atom is 0.392 e. The van der Waals surface area contributed by atoms with Gasteiger partial charge in [0.15, 0.2) is 0 Å². The van der Waals surface area contributed by atoms with Crippen LogP contribution in [0.3, 0.4) is 0 Å². The molecule has 1 aliphatic rings. The molecule has 1 aromatic carbocycles. The summed E-state index contributed by atoms with van der Waals surface area (Å²) in [6, 6.07) is 6.94. The lowest BCUT2D eigenvalue weighted by Crippen LogP contribution is -2.38. The third kappa shape index (κ3) is 4.20. The number of rotatable bonds is 4. The van der Waals surface area contributed by atoms with Gasteiger partial charge in [0.1, 0.15) is 18.6 Å². The zero-order chi connectivity index (χ0) is 18.7. The van der Waals surface area contributed by atoms with Gasteiger partial charge in [-0.15, -0.1) is 0 Å². The van der Waals surface area contributed by atoms with E-state index in [0.29, 0.717) is 29.1 Å². The van der Waals surface area contributed by atoms with Gasteiger partial charge in [-0.3, -0.25) is 4.79 Å². The van der Waals surface area contributed by atoms with E-state index in [2.05, 4.69) is 4.98 Å². The van der Waals surface area contributed by atoms with E-state index < -0.39 is 24.0 Å². The number of carbonyl (C=O) groups is 1. The molecule has 8 heteroatoms. The number of benzene rings is 1. The molecule has 0 amide bonds. The first-order valence-corrected chi connectivity index (χ1v) is 8.66. The van der Waals surface area contributed by atoms with Crippen LogP contribution in [0.2, 0.25) is 5.02 Å². The highest BCUT2D eigenvalue weighted by molar-refractivity contribution is 6.33. The summed E-state index contributed by atoms with van der Waals surface area (Å²) in [7, 11) is 0. The number of alkyl halides is 3. The van der Waals surface area contributed by atoms with Gasteiger partial charge in [-0.1, -0.05) is 36.6 Å². The van der Waals surface area contributed by atoms with Crippen molar-refractivity contribution in [2.45, 2.75) is 38.5 Å². The number of halogens is 4. The molecule has 26 heavy (non-hydrogen) atoms. The standard InChI is InChI=1S/C18H17ClF3NO3/c19-15-8-4-2-6-13(15)16-23-11(9-25-16)10-26-17(24)12-5-1-3-7-14(12)18(20,21)22/h2,4,6,8-9,12,14H,1,3,5,7,10H2/t12-,14-/m0/s1. The van der Waals surface area contributed by atoms with E-state index in [1.165, 1.54) is 6.26 Å². The average Bonchev–Trinajstić information content (AvgIpc) is 3.08. The van der Waals surface area contributed by atoms with Crippen molar-refractivity contribution < 1.29 is 27.1 Å². The minimum atomic E-state index is -4.39. The first-order valence-electron chi connectivity index (χ1n) is 8.29. The van der Waals surface area contributed by atoms with Crippen LogP contribution < -0.4 is 0 Å². The molecular weight excluding hydrogens is 371 g/mol. The molecule has 1 aromatic heterocycles. The molecule has 140 valence electrons. The Kier molecular flexibility index (Phi) is 5.55. The smallest absolute Gasteiger partial charge is 0.392 e. The Hall–Kier alpha value is -2.02. The maximum atomic E-state index is 13.1. The summed E-state index contributed by atoms with van der Waals surface area (Å²) in [6.45, 7) is -0.242. The second-order valence-electron chi connectivity index (χ2n) is 6.27. The molecular formula is C18H17ClF3NO3. The number of esters is 1. The topological polar surface area (TPSA) is 52.3 Å². The van der Waals surface area contributed by atoms with E-state index in [4.69, 9.17) is 20.8 Å². The van der Waals surface area contributed by atoms with Gasteiger partial charge in [-0.2, -0.15) is 13.2 Å². The summed E-state index contributed by atoms with van der Waals surface area (Å²) in [5, 5.41) is 0.452. The summed E-state index contributed by atoms with van der Waals surface area (Å²) in [5.74, 6) is -3.37. The van der Waals surface area contributed by atoms with E-state index in [1.807, 2.05) is 0 Å². The van der Waals surface area contributed by atoms with Gasteiger partial charge in [0.05, 0.1) is 22.4 Å². The second-order valence-corrected chi connectivity index (χ2v) is 6.68. The molecule has 1 saturated carbocycles. The quantitative estimate of drug-likeness (QED) is 0.658. The molecule has 1 fully saturated rings. The normalized spacial score (nSPS) is 20.8. The molecule has 0 N–H and O–H groups in total. The molecule has 0 bridgehead atoms. The fourth-order valence-electron chi connectivity index (χ4n) is 3.19. The number of oxazole rings is 1. The summed E-state index contributed by atoms with van der Waals surface area (Å²) in [5.41, 5.74) is 0.892. The van der Waals surface area contributed by atoms with Crippen LogP contribution in [-0.2, 0) is 16.1 Å². The summed E-state index contributed by atoms with van der Waals surface area (Å²) < 4.78 is 49.7. The van der Waals surface area contributed by atoms with Crippen molar-refractivity contribution in [2.24, 2.45) is 11.8 Å². The Bertz CT molecular complexity index is 775. The lowest BCUT2D eigenvalue weighted by atomic mass is 9.79. The van der Waals surface area contributed by atoms with E-state index in [-0.39, 0.29) is 25.3 Å². The number of hydrogen-bond donors (Lipinski definition) is 0. The average molecular weight is 388 g/mol. The van der Waals surface area contributed by atoms with Crippen molar-refractivity contribution in [2.75, 3.05) is 0 Å². The molecule has 0 unspecified atom stereocenters. The van der Waals surface area contributed by atoms with Crippen LogP contribution in [0.5, 0.6) is 0 Å². The van der Waals surface area contributed by atoms with E-state index >= 15 is 0 Å². The van der Waals surface area contributed by atoms with Gasteiger partial charge in [-0.05, 0) is 25.0 Å². The van der Waals surface area contributed by atoms with Crippen molar-refractivity contribution in [3.63, 3.8) is 0 Å². The number of hydrogen-bond acceptors (Lipinski definition) is 4. The van der Waals surface area contributed by atoms with Crippen LogP contribution >= 0.6 is 11.6 Å². The zero-order valence-corrected chi connectivity index (χ0v) is 14.5. The highest BCUT2D eigenvalue weighted by atomic mass is 35.5. The van der Waals surface area contributed by atoms with E-state index in [1.54, 1.807) is 24.3 Å². The van der Waals surface area contributed by atoms with Gasteiger partial charge in [0, 0.05) is 0 Å². The second kappa shape index (κ2) is 7.70. The lowest BCUT2D eigenvalue weighted by molar-refractivity contribution is -0.205. The SMILES string of the molecule is O=C(OCc1coc(-c2ccccc2Cl)n1)[C@H]1CCCC[C@@H]1C(F)(F)F. The van der Waals surface area contributed by atoms with E-state index in [9.17, 15) is 18.0 Å². The molecule has 1 heterocycles. The first-order chi connectivity index (χ1) is 12.4. The predicted molar refractivity (Wildman–Crippen MR) is 88.2 cm³/mol. The molecule has 2 aromatic rings. The van der Waals surface area contributed by atoms with Crippen molar-refractivity contribution in [3.05, 3.63) is 41.2 Å². The van der Waals surface area contributed by atoms with Gasteiger partial charge in [0.2, 0.25) is 5.89 Å². The van der Waals surface area contributed by atoms with Crippen molar-refractivity contribution in [3.8, 4) is 11.5 Å². The highest BCUT2D eigenvalue weighted by Gasteiger charge is 2.48. The number of carbonyl (C=O) groups excluding carboxylic acids is 1. The monoisotopic (exact) mass is 387 g/mol. The molecule has 0 radical (unpaired) electrons. The highest BCUT2D eigenvalue weighted by Crippen LogP contribution is 2.42. The van der Waals surface area contributed by atoms with Crippen LogP contribution in [-0.4, -0.2) is 17.1 Å². The minimum Gasteiger partial charge on any atom is -0.459 e. The number of aromatic nitrogens is 1. The van der Waals surface area contributed by atoms with Crippen molar-refractivity contribution >= 4 is 17.6 Å². The molecule has 2 atom stereocenters. The molecule has 0 aliphatic heterocycles. The summed E-state index contributed by atoms with van der Waals surface area (Å²) >= 11 is 6.06. The van der Waals surface area contributed by atoms with Crippen LogP contribution in [0.15, 0.2) is 34.9 Å². The maximum absolute atomic E-state index is 13.1. The first kappa shape index (κ1) is 18.8. The summed E-state index contributed by atoms with van der Waals surface area (Å²) in [6.07, 6.45) is -1.88. The molecule has 0 spiro atoms. The van der Waals surface area contributed by atoms with Gasteiger partial charge >= 0.3 is 12.1 Å². The Labute approximate surface area is 153 Å². The summed E-state index contributed by atoms with van der Waals surface area (Å²) in [4.78, 5) is 16.3. The van der Waals surface area contributed by atoms with Crippen molar-refractivity contribution in [1.82, 2.24) is 4.98 Å². The predicted octanol–water partition coefficient (Wildman–Crippen LogP) is 5.41. The van der Waals surface area contributed by atoms with E-state index in [0.717, 1.165) is 0 Å². The minimum absolute atomic E-state index is 0.0378. The van der Waals surface area contributed by atoms with Gasteiger partial charge < -0.3 is 9.15 Å². The van der Waals surface area contributed by atoms with Crippen LogP contribution in [0.25, 0.3) is 11.5 Å². The van der Waals surface area contributed by atoms with Gasteiger partial charge in [-0.25, -0.2) is 4.98 Å². The fourth-order valence-corrected chi connectivity index (χ4v) is 3.41. The molecule has 4 nitrogen and oxygen atoms in total. The number of nitrogens with zero attached hydrogens (tertiary/aromatic N) is 1. The zero-order valence-electron chi connectivity index (χ0n) is 13.8. The van der Waals surface area contributed by atoms with Crippen LogP contribution in [0.1, 0.15) is 31.4 Å². The largest absolute Gasteiger partial charge is 0.459 e. The Balaban J connectivity index is 1.64. The molecule has 0 saturated heterocycles. The third-order valence-corrected chi connectivity index (χ3v) is 4.84. The third-order valence-electron chi connectivity index (χ3n) is 4.51. The van der Waals surface area contributed by atoms with Crippen molar-refractivity contribution in [1.29, 1.82) is 0 Å². The van der Waals surface area contributed by atoms with Crippen LogP contribution in [0.4, 0.5) is 13.2 Å². The lowest BCUT2D eigenvalue weighted by Gasteiger charge is -2.31. The fraction of sp³-hybridized carbons (Fsp3) is 0.444. The number of ether oxygens (including phenoxy) is 1. The van der Waals surface area contributed by atoms with Crippen LogP contribution in [0, 0.1) is 11.8 Å².